The molecule has 8 nitrogen and oxygen atoms in total. The maximum atomic E-state index is 11.9. The molecular formula is C15H13N3O5. The third-order valence-corrected chi connectivity index (χ3v) is 2.93. The fraction of sp³-hybridized carbons (Fsp3) is 0.0667. The van der Waals surface area contributed by atoms with E-state index in [0.29, 0.717) is 11.3 Å². The highest BCUT2D eigenvalue weighted by Crippen LogP contribution is 2.25. The summed E-state index contributed by atoms with van der Waals surface area (Å²) in [5, 5.41) is 24.2. The number of benzene rings is 2. The zero-order chi connectivity index (χ0) is 16.8. The minimum absolute atomic E-state index is 0.0681. The SMILES string of the molecule is COc1ccc(C=NNC(=O)c2ccccc2[N+](=O)[O-])cc1O. The molecule has 0 aliphatic heterocycles. The Morgan fingerprint density at radius 1 is 1.35 bits per heavy atom. The summed E-state index contributed by atoms with van der Waals surface area (Å²) >= 11 is 0. The van der Waals surface area contributed by atoms with E-state index >= 15 is 0 Å². The number of hydrazone groups is 1. The molecule has 0 heterocycles. The van der Waals surface area contributed by atoms with Gasteiger partial charge in [-0.25, -0.2) is 5.43 Å². The van der Waals surface area contributed by atoms with E-state index in [2.05, 4.69) is 10.5 Å². The zero-order valence-electron chi connectivity index (χ0n) is 12.1. The number of para-hydroxylation sites is 1. The van der Waals surface area contributed by atoms with Gasteiger partial charge in [0.05, 0.1) is 18.2 Å². The van der Waals surface area contributed by atoms with Crippen LogP contribution in [0.4, 0.5) is 5.69 Å². The van der Waals surface area contributed by atoms with Crippen LogP contribution in [-0.2, 0) is 0 Å². The van der Waals surface area contributed by atoms with Gasteiger partial charge in [0, 0.05) is 6.07 Å². The number of aromatic hydroxyl groups is 1. The first-order valence-corrected chi connectivity index (χ1v) is 6.46. The van der Waals surface area contributed by atoms with Gasteiger partial charge in [-0.15, -0.1) is 0 Å². The van der Waals surface area contributed by atoms with Crippen LogP contribution in [0.5, 0.6) is 11.5 Å². The lowest BCUT2D eigenvalue weighted by molar-refractivity contribution is -0.385. The number of hydrogen-bond donors (Lipinski definition) is 2. The third-order valence-electron chi connectivity index (χ3n) is 2.93. The van der Waals surface area contributed by atoms with Crippen molar-refractivity contribution in [2.75, 3.05) is 7.11 Å². The quantitative estimate of drug-likeness (QED) is 0.498. The molecule has 2 N–H and O–H groups in total. The van der Waals surface area contributed by atoms with E-state index in [-0.39, 0.29) is 17.0 Å². The predicted molar refractivity (Wildman–Crippen MR) is 82.8 cm³/mol. The van der Waals surface area contributed by atoms with Crippen molar-refractivity contribution in [1.29, 1.82) is 0 Å². The molecule has 2 rings (SSSR count). The molecule has 0 radical (unpaired) electrons. The number of nitrogens with zero attached hydrogens (tertiary/aromatic N) is 2. The summed E-state index contributed by atoms with van der Waals surface area (Å²) in [6, 6.07) is 10.1. The molecule has 8 heteroatoms. The molecule has 0 spiro atoms. The maximum Gasteiger partial charge on any atom is 0.282 e. The van der Waals surface area contributed by atoms with Crippen molar-refractivity contribution in [2.45, 2.75) is 0 Å². The van der Waals surface area contributed by atoms with Gasteiger partial charge in [-0.2, -0.15) is 5.10 Å². The van der Waals surface area contributed by atoms with Crippen LogP contribution in [0.3, 0.4) is 0 Å². The number of amides is 1. The Hall–Kier alpha value is -3.42. The van der Waals surface area contributed by atoms with E-state index in [1.54, 1.807) is 12.1 Å². The summed E-state index contributed by atoms with van der Waals surface area (Å²) in [5.74, 6) is -0.459. The summed E-state index contributed by atoms with van der Waals surface area (Å²) in [6.45, 7) is 0. The van der Waals surface area contributed by atoms with Crippen molar-refractivity contribution in [3.8, 4) is 11.5 Å². The van der Waals surface area contributed by atoms with Crippen LogP contribution in [0.2, 0.25) is 0 Å². The molecule has 0 aliphatic carbocycles. The highest BCUT2D eigenvalue weighted by Gasteiger charge is 2.18. The standard InChI is InChI=1S/C15H13N3O5/c1-23-14-7-6-10(8-13(14)19)9-16-17-15(20)11-4-2-3-5-12(11)18(21)22/h2-9,19H,1H3,(H,17,20). The average Bonchev–Trinajstić information content (AvgIpc) is 2.55. The van der Waals surface area contributed by atoms with Crippen molar-refractivity contribution < 1.29 is 19.6 Å². The Balaban J connectivity index is 2.10. The average molecular weight is 315 g/mol. The molecule has 0 atom stereocenters. The molecule has 0 aliphatic rings. The van der Waals surface area contributed by atoms with Gasteiger partial charge in [-0.1, -0.05) is 12.1 Å². The monoisotopic (exact) mass is 315 g/mol. The predicted octanol–water partition coefficient (Wildman–Crippen LogP) is 2.07. The van der Waals surface area contributed by atoms with E-state index in [0.717, 1.165) is 0 Å². The number of nitro benzene ring substituents is 1. The Morgan fingerprint density at radius 2 is 2.09 bits per heavy atom. The molecule has 0 saturated heterocycles. The van der Waals surface area contributed by atoms with Crippen molar-refractivity contribution in [3.05, 3.63) is 63.7 Å². The number of phenolic OH excluding ortho intramolecular Hbond substituents is 1. The van der Waals surface area contributed by atoms with Crippen LogP contribution in [0.1, 0.15) is 15.9 Å². The molecule has 0 unspecified atom stereocenters. The van der Waals surface area contributed by atoms with E-state index < -0.39 is 10.8 Å². The second kappa shape index (κ2) is 7.03. The zero-order valence-corrected chi connectivity index (χ0v) is 12.1. The number of methoxy groups -OCH3 is 1. The number of nitro groups is 1. The Bertz CT molecular complexity index is 773. The van der Waals surface area contributed by atoms with Crippen LogP contribution < -0.4 is 10.2 Å². The van der Waals surface area contributed by atoms with Gasteiger partial charge in [0.25, 0.3) is 11.6 Å². The maximum absolute atomic E-state index is 11.9. The first-order chi connectivity index (χ1) is 11.0. The van der Waals surface area contributed by atoms with Crippen LogP contribution >= 0.6 is 0 Å². The molecule has 118 valence electrons. The second-order valence-electron chi connectivity index (χ2n) is 4.40. The van der Waals surface area contributed by atoms with Crippen LogP contribution in [0.25, 0.3) is 0 Å². The Kier molecular flexibility index (Phi) is 4.88. The van der Waals surface area contributed by atoms with E-state index in [4.69, 9.17) is 4.74 Å². The van der Waals surface area contributed by atoms with E-state index in [9.17, 15) is 20.0 Å². The molecule has 2 aromatic carbocycles. The summed E-state index contributed by atoms with van der Waals surface area (Å²) in [6.07, 6.45) is 1.30. The molecule has 0 aromatic heterocycles. The largest absolute Gasteiger partial charge is 0.504 e. The Labute approximate surface area is 131 Å². The summed E-state index contributed by atoms with van der Waals surface area (Å²) in [7, 11) is 1.43. The highest BCUT2D eigenvalue weighted by atomic mass is 16.6. The Morgan fingerprint density at radius 3 is 2.74 bits per heavy atom. The molecule has 2 aromatic rings. The van der Waals surface area contributed by atoms with Crippen LogP contribution in [0.15, 0.2) is 47.6 Å². The summed E-state index contributed by atoms with van der Waals surface area (Å²) in [5.41, 5.74) is 2.33. The smallest absolute Gasteiger partial charge is 0.282 e. The minimum atomic E-state index is -0.703. The number of nitrogens with one attached hydrogen (secondary N) is 1. The van der Waals surface area contributed by atoms with Gasteiger partial charge in [-0.3, -0.25) is 14.9 Å². The fourth-order valence-electron chi connectivity index (χ4n) is 1.84. The number of hydrogen-bond acceptors (Lipinski definition) is 6. The van der Waals surface area contributed by atoms with Gasteiger partial charge in [0.15, 0.2) is 11.5 Å². The summed E-state index contributed by atoms with van der Waals surface area (Å²) in [4.78, 5) is 22.2. The number of phenols is 1. The lowest BCUT2D eigenvalue weighted by Crippen LogP contribution is -2.18. The molecule has 0 fully saturated rings. The van der Waals surface area contributed by atoms with Gasteiger partial charge in [0.2, 0.25) is 0 Å². The minimum Gasteiger partial charge on any atom is -0.504 e. The highest BCUT2D eigenvalue weighted by molar-refractivity contribution is 5.98. The molecule has 1 amide bonds. The lowest BCUT2D eigenvalue weighted by atomic mass is 10.2. The molecule has 0 bridgehead atoms. The van der Waals surface area contributed by atoms with Crippen molar-refractivity contribution >= 4 is 17.8 Å². The van der Waals surface area contributed by atoms with Crippen molar-refractivity contribution in [2.24, 2.45) is 5.10 Å². The van der Waals surface area contributed by atoms with E-state index in [1.165, 1.54) is 43.7 Å². The topological polar surface area (TPSA) is 114 Å². The molecular weight excluding hydrogens is 302 g/mol. The van der Waals surface area contributed by atoms with Gasteiger partial charge in [0.1, 0.15) is 5.56 Å². The number of carbonyl (C=O) groups is 1. The van der Waals surface area contributed by atoms with Gasteiger partial charge < -0.3 is 9.84 Å². The molecule has 0 saturated carbocycles. The third kappa shape index (κ3) is 3.82. The lowest BCUT2D eigenvalue weighted by Gasteiger charge is -2.03. The number of carbonyl (C=O) groups excluding carboxylic acids is 1. The number of ether oxygens (including phenoxy) is 1. The summed E-state index contributed by atoms with van der Waals surface area (Å²) < 4.78 is 4.91. The first-order valence-electron chi connectivity index (χ1n) is 6.46. The van der Waals surface area contributed by atoms with Gasteiger partial charge >= 0.3 is 0 Å². The first kappa shape index (κ1) is 16.0. The second-order valence-corrected chi connectivity index (χ2v) is 4.40. The van der Waals surface area contributed by atoms with Crippen molar-refractivity contribution in [1.82, 2.24) is 5.43 Å². The van der Waals surface area contributed by atoms with Crippen LogP contribution in [0, 0.1) is 10.1 Å². The normalized spacial score (nSPS) is 10.5. The van der Waals surface area contributed by atoms with E-state index in [1.807, 2.05) is 0 Å². The number of rotatable bonds is 5. The van der Waals surface area contributed by atoms with Crippen molar-refractivity contribution in [3.63, 3.8) is 0 Å². The molecule has 23 heavy (non-hydrogen) atoms. The fourth-order valence-corrected chi connectivity index (χ4v) is 1.84. The van der Waals surface area contributed by atoms with Gasteiger partial charge in [-0.05, 0) is 29.8 Å². The van der Waals surface area contributed by atoms with Crippen LogP contribution in [-0.4, -0.2) is 29.3 Å².